The molecule has 0 unspecified atom stereocenters. The predicted octanol–water partition coefficient (Wildman–Crippen LogP) is 3.02. The van der Waals surface area contributed by atoms with Crippen LogP contribution in [0.3, 0.4) is 0 Å². The number of likely N-dealkylation sites (tertiary alicyclic amines) is 1. The Morgan fingerprint density at radius 3 is 2.25 bits per heavy atom. The van der Waals surface area contributed by atoms with Crippen molar-refractivity contribution in [1.82, 2.24) is 4.90 Å². The van der Waals surface area contributed by atoms with Crippen LogP contribution >= 0.6 is 0 Å². The summed E-state index contributed by atoms with van der Waals surface area (Å²) in [4.78, 5) is 2.67. The van der Waals surface area contributed by atoms with Crippen LogP contribution in [0.1, 0.15) is 59.8 Å². The van der Waals surface area contributed by atoms with Crippen molar-refractivity contribution in [2.45, 2.75) is 65.3 Å². The smallest absolute Gasteiger partial charge is 0.0326 e. The third kappa shape index (κ3) is 2.98. The van der Waals surface area contributed by atoms with E-state index in [0.29, 0.717) is 5.41 Å². The van der Waals surface area contributed by atoms with Gasteiger partial charge in [-0.25, -0.2) is 0 Å². The molecule has 1 aliphatic rings. The molecule has 0 aliphatic carbocycles. The molecule has 0 spiro atoms. The Morgan fingerprint density at radius 1 is 1.12 bits per heavy atom. The number of hydrogen-bond acceptors (Lipinski definition) is 2. The molecule has 1 saturated heterocycles. The lowest BCUT2D eigenvalue weighted by Crippen LogP contribution is -2.53. The summed E-state index contributed by atoms with van der Waals surface area (Å²) in [6.45, 7) is 12.6. The predicted molar refractivity (Wildman–Crippen MR) is 71.6 cm³/mol. The molecule has 0 atom stereocenters. The average molecular weight is 226 g/mol. The van der Waals surface area contributed by atoms with Crippen molar-refractivity contribution in [2.24, 2.45) is 11.1 Å². The van der Waals surface area contributed by atoms with Crippen LogP contribution in [0.2, 0.25) is 0 Å². The zero-order chi connectivity index (χ0) is 12.2. The summed E-state index contributed by atoms with van der Waals surface area (Å²) in [5, 5.41) is 0. The first-order chi connectivity index (χ1) is 7.49. The fourth-order valence-electron chi connectivity index (χ4n) is 3.01. The minimum absolute atomic E-state index is 0.264. The molecule has 0 aromatic heterocycles. The maximum atomic E-state index is 6.04. The third-order valence-electron chi connectivity index (χ3n) is 4.71. The second kappa shape index (κ2) is 5.50. The molecule has 0 bridgehead atoms. The number of hydrogen-bond donors (Lipinski definition) is 1. The van der Waals surface area contributed by atoms with Crippen molar-refractivity contribution in [3.05, 3.63) is 0 Å². The van der Waals surface area contributed by atoms with Crippen LogP contribution in [-0.2, 0) is 0 Å². The summed E-state index contributed by atoms with van der Waals surface area (Å²) in [5.41, 5.74) is 6.83. The van der Waals surface area contributed by atoms with Crippen LogP contribution in [-0.4, -0.2) is 30.1 Å². The molecule has 2 nitrogen and oxygen atoms in total. The Morgan fingerprint density at radius 2 is 1.75 bits per heavy atom. The molecule has 0 saturated carbocycles. The minimum Gasteiger partial charge on any atom is -0.329 e. The zero-order valence-corrected chi connectivity index (χ0v) is 11.7. The zero-order valence-electron chi connectivity index (χ0n) is 11.7. The van der Waals surface area contributed by atoms with E-state index in [9.17, 15) is 0 Å². The van der Waals surface area contributed by atoms with Gasteiger partial charge in [-0.3, -0.25) is 4.90 Å². The van der Waals surface area contributed by atoms with Gasteiger partial charge in [0, 0.05) is 12.1 Å². The van der Waals surface area contributed by atoms with Crippen molar-refractivity contribution >= 4 is 0 Å². The Labute approximate surface area is 102 Å². The topological polar surface area (TPSA) is 29.3 Å². The van der Waals surface area contributed by atoms with Crippen molar-refractivity contribution in [3.63, 3.8) is 0 Å². The summed E-state index contributed by atoms with van der Waals surface area (Å²) in [7, 11) is 0. The van der Waals surface area contributed by atoms with Crippen molar-refractivity contribution in [3.8, 4) is 0 Å². The van der Waals surface area contributed by atoms with Gasteiger partial charge in [0.1, 0.15) is 0 Å². The molecule has 96 valence electrons. The SMILES string of the molecule is CCC(CC)(CN)N1CCCC(C)(C)CC1. The highest BCUT2D eigenvalue weighted by atomic mass is 15.2. The highest BCUT2D eigenvalue weighted by Crippen LogP contribution is 2.33. The first-order valence-corrected chi connectivity index (χ1v) is 6.95. The molecular formula is C14H30N2. The van der Waals surface area contributed by atoms with E-state index in [1.807, 2.05) is 0 Å². The second-order valence-corrected chi connectivity index (χ2v) is 6.14. The molecule has 16 heavy (non-hydrogen) atoms. The third-order valence-corrected chi connectivity index (χ3v) is 4.71. The van der Waals surface area contributed by atoms with E-state index in [4.69, 9.17) is 5.73 Å². The van der Waals surface area contributed by atoms with Crippen LogP contribution in [0, 0.1) is 5.41 Å². The van der Waals surface area contributed by atoms with Crippen LogP contribution in [0.4, 0.5) is 0 Å². The Bertz CT molecular complexity index is 199. The summed E-state index contributed by atoms with van der Waals surface area (Å²) in [6.07, 6.45) is 6.36. The lowest BCUT2D eigenvalue weighted by atomic mass is 9.85. The number of nitrogens with zero attached hydrogens (tertiary/aromatic N) is 1. The van der Waals surface area contributed by atoms with Crippen LogP contribution in [0.15, 0.2) is 0 Å². The van der Waals surface area contributed by atoms with E-state index in [0.717, 1.165) is 6.54 Å². The van der Waals surface area contributed by atoms with Gasteiger partial charge in [-0.15, -0.1) is 0 Å². The summed E-state index contributed by atoms with van der Waals surface area (Å²) in [6, 6.07) is 0. The van der Waals surface area contributed by atoms with Crippen LogP contribution < -0.4 is 5.73 Å². The maximum absolute atomic E-state index is 6.04. The Hall–Kier alpha value is -0.0800. The van der Waals surface area contributed by atoms with Crippen molar-refractivity contribution < 1.29 is 0 Å². The highest BCUT2D eigenvalue weighted by Gasteiger charge is 2.34. The molecule has 1 fully saturated rings. The lowest BCUT2D eigenvalue weighted by molar-refractivity contribution is 0.0855. The fraction of sp³-hybridized carbons (Fsp3) is 1.00. The molecule has 2 N–H and O–H groups in total. The van der Waals surface area contributed by atoms with E-state index in [2.05, 4.69) is 32.6 Å². The Kier molecular flexibility index (Phi) is 4.81. The van der Waals surface area contributed by atoms with Gasteiger partial charge in [-0.05, 0) is 50.6 Å². The van der Waals surface area contributed by atoms with Gasteiger partial charge < -0.3 is 5.73 Å². The lowest BCUT2D eigenvalue weighted by Gasteiger charge is -2.42. The number of rotatable bonds is 4. The molecule has 0 aromatic rings. The monoisotopic (exact) mass is 226 g/mol. The number of nitrogens with two attached hydrogens (primary N) is 1. The van der Waals surface area contributed by atoms with Gasteiger partial charge in [0.15, 0.2) is 0 Å². The van der Waals surface area contributed by atoms with E-state index < -0.39 is 0 Å². The highest BCUT2D eigenvalue weighted by molar-refractivity contribution is 4.91. The Balaban J connectivity index is 2.72. The van der Waals surface area contributed by atoms with E-state index in [-0.39, 0.29) is 5.54 Å². The first kappa shape index (κ1) is 14.0. The van der Waals surface area contributed by atoms with Gasteiger partial charge in [-0.1, -0.05) is 27.7 Å². The molecule has 1 heterocycles. The average Bonchev–Trinajstić information content (AvgIpc) is 2.44. The summed E-state index contributed by atoms with van der Waals surface area (Å²) < 4.78 is 0. The van der Waals surface area contributed by atoms with Gasteiger partial charge in [0.05, 0.1) is 0 Å². The quantitative estimate of drug-likeness (QED) is 0.798. The fourth-order valence-corrected chi connectivity index (χ4v) is 3.01. The molecule has 1 rings (SSSR count). The maximum Gasteiger partial charge on any atom is 0.0326 e. The van der Waals surface area contributed by atoms with Crippen molar-refractivity contribution in [2.75, 3.05) is 19.6 Å². The van der Waals surface area contributed by atoms with Gasteiger partial charge >= 0.3 is 0 Å². The van der Waals surface area contributed by atoms with E-state index in [1.165, 1.54) is 45.2 Å². The molecular weight excluding hydrogens is 196 g/mol. The van der Waals surface area contributed by atoms with Crippen molar-refractivity contribution in [1.29, 1.82) is 0 Å². The normalized spacial score (nSPS) is 23.1. The largest absolute Gasteiger partial charge is 0.329 e. The second-order valence-electron chi connectivity index (χ2n) is 6.14. The van der Waals surface area contributed by atoms with E-state index >= 15 is 0 Å². The van der Waals surface area contributed by atoms with Crippen LogP contribution in [0.5, 0.6) is 0 Å². The summed E-state index contributed by atoms with van der Waals surface area (Å²) in [5.74, 6) is 0. The van der Waals surface area contributed by atoms with Gasteiger partial charge in [0.2, 0.25) is 0 Å². The van der Waals surface area contributed by atoms with E-state index in [1.54, 1.807) is 0 Å². The molecule has 0 amide bonds. The van der Waals surface area contributed by atoms with Gasteiger partial charge in [0.25, 0.3) is 0 Å². The molecule has 0 aromatic carbocycles. The molecule has 1 aliphatic heterocycles. The molecule has 0 radical (unpaired) electrons. The van der Waals surface area contributed by atoms with Gasteiger partial charge in [-0.2, -0.15) is 0 Å². The first-order valence-electron chi connectivity index (χ1n) is 6.95. The standard InChI is InChI=1S/C14H30N2/c1-5-14(6-2,12-15)16-10-7-8-13(3,4)9-11-16/h5-12,15H2,1-4H3. The minimum atomic E-state index is 0.264. The summed E-state index contributed by atoms with van der Waals surface area (Å²) >= 11 is 0. The molecule has 2 heteroatoms. The van der Waals surface area contributed by atoms with Crippen LogP contribution in [0.25, 0.3) is 0 Å².